The van der Waals surface area contributed by atoms with Crippen LogP contribution in [0.25, 0.3) is 0 Å². The summed E-state index contributed by atoms with van der Waals surface area (Å²) in [5.74, 6) is 0. The summed E-state index contributed by atoms with van der Waals surface area (Å²) in [5.41, 5.74) is 1.53. The van der Waals surface area contributed by atoms with E-state index in [0.717, 1.165) is 11.1 Å². The molecule has 0 radical (unpaired) electrons. The number of aliphatic hydroxyl groups is 2. The van der Waals surface area contributed by atoms with Crippen molar-refractivity contribution in [2.75, 3.05) is 0 Å². The van der Waals surface area contributed by atoms with Gasteiger partial charge in [0.1, 0.15) is 0 Å². The molecule has 2 nitrogen and oxygen atoms in total. The van der Waals surface area contributed by atoms with E-state index < -0.39 is 12.2 Å². The molecule has 1 aromatic rings. The van der Waals surface area contributed by atoms with Crippen molar-refractivity contribution in [2.24, 2.45) is 0 Å². The first-order valence-electron chi connectivity index (χ1n) is 4.40. The third kappa shape index (κ3) is 2.31. The summed E-state index contributed by atoms with van der Waals surface area (Å²) in [5, 5.41) is 18.8. The third-order valence-electron chi connectivity index (χ3n) is 2.07. The lowest BCUT2D eigenvalue weighted by atomic mass is 10.0. The first-order chi connectivity index (χ1) is 6.69. The molecule has 74 valence electrons. The van der Waals surface area contributed by atoms with Crippen LogP contribution in [-0.2, 0) is 0 Å². The smallest absolute Gasteiger partial charge is 0.0969 e. The van der Waals surface area contributed by atoms with Crippen LogP contribution in [0.15, 0.2) is 49.6 Å². The van der Waals surface area contributed by atoms with Crippen LogP contribution >= 0.6 is 0 Å². The number of rotatable bonds is 4. The molecular formula is C12H14O2. The summed E-state index contributed by atoms with van der Waals surface area (Å²) in [4.78, 5) is 0. The molecule has 0 aromatic heterocycles. The summed E-state index contributed by atoms with van der Waals surface area (Å²) in [6, 6.07) is 7.03. The number of hydrogen-bond acceptors (Lipinski definition) is 2. The largest absolute Gasteiger partial charge is 0.384 e. The molecule has 1 aromatic carbocycles. The van der Waals surface area contributed by atoms with Crippen LogP contribution in [-0.4, -0.2) is 10.2 Å². The van der Waals surface area contributed by atoms with Crippen molar-refractivity contribution < 1.29 is 10.2 Å². The Morgan fingerprint density at radius 3 is 1.36 bits per heavy atom. The normalized spacial score (nSPS) is 14.4. The van der Waals surface area contributed by atoms with Gasteiger partial charge in [0.2, 0.25) is 0 Å². The monoisotopic (exact) mass is 190 g/mol. The Kier molecular flexibility index (Phi) is 3.63. The van der Waals surface area contributed by atoms with E-state index in [-0.39, 0.29) is 0 Å². The topological polar surface area (TPSA) is 40.5 Å². The Morgan fingerprint density at radius 1 is 0.857 bits per heavy atom. The van der Waals surface area contributed by atoms with E-state index in [9.17, 15) is 10.2 Å². The van der Waals surface area contributed by atoms with Gasteiger partial charge in [0.15, 0.2) is 0 Å². The molecule has 0 aliphatic heterocycles. The Morgan fingerprint density at radius 2 is 1.14 bits per heavy atom. The second-order valence-electron chi connectivity index (χ2n) is 3.03. The lowest BCUT2D eigenvalue weighted by molar-refractivity contribution is 0.225. The molecule has 0 heterocycles. The van der Waals surface area contributed by atoms with Gasteiger partial charge in [-0.2, -0.15) is 0 Å². The molecule has 14 heavy (non-hydrogen) atoms. The van der Waals surface area contributed by atoms with Gasteiger partial charge in [0.25, 0.3) is 0 Å². The van der Waals surface area contributed by atoms with E-state index in [4.69, 9.17) is 0 Å². The van der Waals surface area contributed by atoms with E-state index in [0.29, 0.717) is 0 Å². The highest BCUT2D eigenvalue weighted by Crippen LogP contribution is 2.18. The van der Waals surface area contributed by atoms with Gasteiger partial charge in [-0.15, -0.1) is 13.2 Å². The summed E-state index contributed by atoms with van der Waals surface area (Å²) < 4.78 is 0. The van der Waals surface area contributed by atoms with E-state index in [1.54, 1.807) is 24.3 Å². The average Bonchev–Trinajstić information content (AvgIpc) is 2.27. The van der Waals surface area contributed by atoms with Crippen molar-refractivity contribution in [1.82, 2.24) is 0 Å². The van der Waals surface area contributed by atoms with E-state index >= 15 is 0 Å². The molecule has 0 saturated heterocycles. The fraction of sp³-hybridized carbons (Fsp3) is 0.167. The minimum atomic E-state index is -0.648. The zero-order chi connectivity index (χ0) is 10.6. The van der Waals surface area contributed by atoms with E-state index in [1.165, 1.54) is 12.2 Å². The Hall–Kier alpha value is -1.38. The number of hydrogen-bond donors (Lipinski definition) is 2. The molecule has 0 amide bonds. The molecule has 2 heteroatoms. The van der Waals surface area contributed by atoms with Crippen molar-refractivity contribution >= 4 is 0 Å². The average molecular weight is 190 g/mol. The molecule has 1 rings (SSSR count). The first kappa shape index (κ1) is 10.7. The van der Waals surface area contributed by atoms with Crippen LogP contribution < -0.4 is 0 Å². The second-order valence-corrected chi connectivity index (χ2v) is 3.03. The van der Waals surface area contributed by atoms with Crippen molar-refractivity contribution in [3.63, 3.8) is 0 Å². The third-order valence-corrected chi connectivity index (χ3v) is 2.07. The first-order valence-corrected chi connectivity index (χ1v) is 4.40. The predicted octanol–water partition coefficient (Wildman–Crippen LogP) is 2.13. The SMILES string of the molecule is C=CC(O)c1ccc(C(O)C=C)cc1. The standard InChI is InChI=1S/C12H14O2/c1-3-11(13)9-5-7-10(8-6-9)12(14)4-2/h3-8,11-14H,1-2H2. The summed E-state index contributed by atoms with van der Waals surface area (Å²) in [6.45, 7) is 6.99. The lowest BCUT2D eigenvalue weighted by Crippen LogP contribution is -1.95. The molecule has 2 unspecified atom stereocenters. The van der Waals surface area contributed by atoms with Crippen LogP contribution in [0.3, 0.4) is 0 Å². The maximum Gasteiger partial charge on any atom is 0.0969 e. The molecular weight excluding hydrogens is 176 g/mol. The molecule has 0 aliphatic carbocycles. The molecule has 0 aliphatic rings. The van der Waals surface area contributed by atoms with Crippen LogP contribution in [0, 0.1) is 0 Å². The van der Waals surface area contributed by atoms with Crippen molar-refractivity contribution in [1.29, 1.82) is 0 Å². The lowest BCUT2D eigenvalue weighted by Gasteiger charge is -2.08. The van der Waals surface area contributed by atoms with Crippen molar-refractivity contribution in [3.8, 4) is 0 Å². The minimum Gasteiger partial charge on any atom is -0.384 e. The van der Waals surface area contributed by atoms with Gasteiger partial charge in [-0.1, -0.05) is 36.4 Å². The number of benzene rings is 1. The van der Waals surface area contributed by atoms with Crippen LogP contribution in [0.1, 0.15) is 23.3 Å². The van der Waals surface area contributed by atoms with Crippen molar-refractivity contribution in [3.05, 3.63) is 60.7 Å². The summed E-state index contributed by atoms with van der Waals surface area (Å²) in [6.07, 6.45) is 1.62. The van der Waals surface area contributed by atoms with E-state index in [1.807, 2.05) is 0 Å². The quantitative estimate of drug-likeness (QED) is 0.714. The predicted molar refractivity (Wildman–Crippen MR) is 56.8 cm³/mol. The van der Waals surface area contributed by atoms with Gasteiger partial charge in [-0.25, -0.2) is 0 Å². The second kappa shape index (κ2) is 4.74. The summed E-state index contributed by atoms with van der Waals surface area (Å²) in [7, 11) is 0. The van der Waals surface area contributed by atoms with Crippen LogP contribution in [0.4, 0.5) is 0 Å². The fourth-order valence-electron chi connectivity index (χ4n) is 1.16. The van der Waals surface area contributed by atoms with E-state index in [2.05, 4.69) is 13.2 Å². The molecule has 2 atom stereocenters. The number of aliphatic hydroxyl groups excluding tert-OH is 2. The Bertz CT molecular complexity index is 281. The van der Waals surface area contributed by atoms with Crippen molar-refractivity contribution in [2.45, 2.75) is 12.2 Å². The molecule has 0 bridgehead atoms. The molecule has 0 spiro atoms. The highest BCUT2D eigenvalue weighted by atomic mass is 16.3. The summed E-state index contributed by atoms with van der Waals surface area (Å²) >= 11 is 0. The zero-order valence-electron chi connectivity index (χ0n) is 7.93. The molecule has 0 saturated carbocycles. The van der Waals surface area contributed by atoms with Crippen LogP contribution in [0.5, 0.6) is 0 Å². The maximum absolute atomic E-state index is 9.42. The molecule has 0 fully saturated rings. The van der Waals surface area contributed by atoms with Gasteiger partial charge in [-0.05, 0) is 11.1 Å². The van der Waals surface area contributed by atoms with Crippen LogP contribution in [0.2, 0.25) is 0 Å². The zero-order valence-corrected chi connectivity index (χ0v) is 7.93. The maximum atomic E-state index is 9.42. The van der Waals surface area contributed by atoms with Gasteiger partial charge < -0.3 is 10.2 Å². The van der Waals surface area contributed by atoms with Gasteiger partial charge in [0.05, 0.1) is 12.2 Å². The fourth-order valence-corrected chi connectivity index (χ4v) is 1.16. The Labute approximate surface area is 83.8 Å². The highest BCUT2D eigenvalue weighted by molar-refractivity contribution is 5.28. The van der Waals surface area contributed by atoms with Gasteiger partial charge in [-0.3, -0.25) is 0 Å². The minimum absolute atomic E-state index is 0.648. The van der Waals surface area contributed by atoms with Gasteiger partial charge >= 0.3 is 0 Å². The Balaban J connectivity index is 2.88. The highest BCUT2D eigenvalue weighted by Gasteiger charge is 2.05. The molecule has 2 N–H and O–H groups in total. The van der Waals surface area contributed by atoms with Gasteiger partial charge in [0, 0.05) is 0 Å².